The lowest BCUT2D eigenvalue weighted by atomic mass is 10.2. The van der Waals surface area contributed by atoms with Crippen LogP contribution in [0.15, 0.2) is 67.0 Å². The van der Waals surface area contributed by atoms with E-state index in [4.69, 9.17) is 4.74 Å². The van der Waals surface area contributed by atoms with E-state index in [9.17, 15) is 9.59 Å². The minimum atomic E-state index is -0.450. The van der Waals surface area contributed by atoms with Gasteiger partial charge in [-0.3, -0.25) is 4.79 Å². The van der Waals surface area contributed by atoms with E-state index in [2.05, 4.69) is 10.4 Å². The highest BCUT2D eigenvalue weighted by Gasteiger charge is 2.09. The summed E-state index contributed by atoms with van der Waals surface area (Å²) in [7, 11) is 0. The number of carbonyl (C=O) groups excluding carboxylic acids is 2. The van der Waals surface area contributed by atoms with Gasteiger partial charge in [0.1, 0.15) is 5.75 Å². The first-order chi connectivity index (χ1) is 11.6. The highest BCUT2D eigenvalue weighted by Crippen LogP contribution is 2.17. The first-order valence-corrected chi connectivity index (χ1v) is 7.32. The maximum atomic E-state index is 12.2. The average Bonchev–Trinajstić information content (AvgIpc) is 3.11. The quantitative estimate of drug-likeness (QED) is 0.592. The van der Waals surface area contributed by atoms with Crippen LogP contribution in [0, 0.1) is 0 Å². The number of nitrogens with one attached hydrogen (secondary N) is 1. The molecule has 0 unspecified atom stereocenters. The second-order valence-corrected chi connectivity index (χ2v) is 5.09. The summed E-state index contributed by atoms with van der Waals surface area (Å²) in [4.78, 5) is 23.1. The number of anilines is 1. The first-order valence-electron chi connectivity index (χ1n) is 7.32. The summed E-state index contributed by atoms with van der Waals surface area (Å²) < 4.78 is 7.02. The first kappa shape index (κ1) is 15.5. The van der Waals surface area contributed by atoms with Crippen LogP contribution in [0.5, 0.6) is 5.75 Å². The molecule has 1 heterocycles. The van der Waals surface area contributed by atoms with Crippen LogP contribution in [0.1, 0.15) is 17.3 Å². The topological polar surface area (TPSA) is 73.2 Å². The minimum Gasteiger partial charge on any atom is -0.423 e. The Morgan fingerprint density at radius 3 is 2.33 bits per heavy atom. The fourth-order valence-electron chi connectivity index (χ4n) is 2.15. The molecule has 0 radical (unpaired) electrons. The van der Waals surface area contributed by atoms with E-state index in [1.807, 2.05) is 12.3 Å². The van der Waals surface area contributed by atoms with Gasteiger partial charge in [-0.1, -0.05) is 0 Å². The molecule has 6 nitrogen and oxygen atoms in total. The molecular weight excluding hydrogens is 306 g/mol. The summed E-state index contributed by atoms with van der Waals surface area (Å²) in [5.74, 6) is -0.198. The third kappa shape index (κ3) is 3.67. The van der Waals surface area contributed by atoms with Crippen LogP contribution in [0.3, 0.4) is 0 Å². The van der Waals surface area contributed by atoms with Crippen LogP contribution in [-0.2, 0) is 4.79 Å². The number of ether oxygens (including phenoxy) is 1. The van der Waals surface area contributed by atoms with E-state index in [-0.39, 0.29) is 5.91 Å². The second kappa shape index (κ2) is 6.78. The summed E-state index contributed by atoms with van der Waals surface area (Å²) in [6, 6.07) is 15.4. The molecule has 0 saturated heterocycles. The number of esters is 1. The lowest BCUT2D eigenvalue weighted by Gasteiger charge is -2.07. The van der Waals surface area contributed by atoms with Crippen molar-refractivity contribution < 1.29 is 14.3 Å². The molecule has 3 rings (SSSR count). The SMILES string of the molecule is CC(=O)Nc1ccc(OC(=O)c2ccc(-n3cccn3)cc2)cc1. The van der Waals surface area contributed by atoms with Crippen molar-refractivity contribution in [2.45, 2.75) is 6.92 Å². The lowest BCUT2D eigenvalue weighted by Crippen LogP contribution is -2.09. The van der Waals surface area contributed by atoms with Crippen molar-refractivity contribution >= 4 is 17.6 Å². The highest BCUT2D eigenvalue weighted by molar-refractivity contribution is 5.91. The zero-order valence-corrected chi connectivity index (χ0v) is 13.0. The third-order valence-corrected chi connectivity index (χ3v) is 3.26. The summed E-state index contributed by atoms with van der Waals surface area (Å²) in [5.41, 5.74) is 1.94. The van der Waals surface area contributed by atoms with Gasteiger partial charge in [0, 0.05) is 25.0 Å². The van der Waals surface area contributed by atoms with Crippen LogP contribution >= 0.6 is 0 Å². The molecule has 1 aromatic heterocycles. The summed E-state index contributed by atoms with van der Waals surface area (Å²) >= 11 is 0. The smallest absolute Gasteiger partial charge is 0.343 e. The van der Waals surface area contributed by atoms with Crippen molar-refractivity contribution in [2.24, 2.45) is 0 Å². The number of benzene rings is 2. The molecule has 0 bridgehead atoms. The Morgan fingerprint density at radius 1 is 1.04 bits per heavy atom. The maximum absolute atomic E-state index is 12.2. The molecule has 120 valence electrons. The Kier molecular flexibility index (Phi) is 4.38. The monoisotopic (exact) mass is 321 g/mol. The molecule has 0 saturated carbocycles. The van der Waals surface area contributed by atoms with Gasteiger partial charge in [-0.15, -0.1) is 0 Å². The molecule has 1 amide bonds. The molecule has 0 atom stereocenters. The van der Waals surface area contributed by atoms with Gasteiger partial charge in [0.25, 0.3) is 0 Å². The minimum absolute atomic E-state index is 0.156. The molecule has 1 N–H and O–H groups in total. The normalized spacial score (nSPS) is 10.2. The van der Waals surface area contributed by atoms with Gasteiger partial charge >= 0.3 is 5.97 Å². The molecule has 2 aromatic carbocycles. The Labute approximate surface area is 138 Å². The molecule has 0 aliphatic rings. The number of nitrogens with zero attached hydrogens (tertiary/aromatic N) is 2. The van der Waals surface area contributed by atoms with Crippen molar-refractivity contribution in [2.75, 3.05) is 5.32 Å². The molecule has 0 aliphatic heterocycles. The summed E-state index contributed by atoms with van der Waals surface area (Å²) in [6.45, 7) is 1.43. The van der Waals surface area contributed by atoms with Crippen molar-refractivity contribution in [3.05, 3.63) is 72.6 Å². The largest absolute Gasteiger partial charge is 0.423 e. The van der Waals surface area contributed by atoms with Crippen LogP contribution < -0.4 is 10.1 Å². The molecule has 0 aliphatic carbocycles. The average molecular weight is 321 g/mol. The molecule has 0 fully saturated rings. The Bertz CT molecular complexity index is 838. The fraction of sp³-hybridized carbons (Fsp3) is 0.0556. The van der Waals surface area contributed by atoms with E-state index in [1.165, 1.54) is 6.92 Å². The van der Waals surface area contributed by atoms with Gasteiger partial charge in [0.2, 0.25) is 5.91 Å². The molecule has 6 heteroatoms. The second-order valence-electron chi connectivity index (χ2n) is 5.09. The summed E-state index contributed by atoms with van der Waals surface area (Å²) in [6.07, 6.45) is 3.51. The third-order valence-electron chi connectivity index (χ3n) is 3.26. The predicted octanol–water partition coefficient (Wildman–Crippen LogP) is 3.05. The van der Waals surface area contributed by atoms with E-state index in [1.54, 1.807) is 59.4 Å². The Hall–Kier alpha value is -3.41. The van der Waals surface area contributed by atoms with Gasteiger partial charge in [0.05, 0.1) is 11.3 Å². The number of hydrogen-bond donors (Lipinski definition) is 1. The number of amides is 1. The number of rotatable bonds is 4. The van der Waals surface area contributed by atoms with Crippen LogP contribution in [0.4, 0.5) is 5.69 Å². The van der Waals surface area contributed by atoms with Crippen LogP contribution in [0.25, 0.3) is 5.69 Å². The number of aromatic nitrogens is 2. The number of hydrogen-bond acceptors (Lipinski definition) is 4. The van der Waals surface area contributed by atoms with Crippen molar-refractivity contribution in [1.82, 2.24) is 9.78 Å². The predicted molar refractivity (Wildman–Crippen MR) is 89.3 cm³/mol. The number of carbonyl (C=O) groups is 2. The van der Waals surface area contributed by atoms with E-state index >= 15 is 0 Å². The Morgan fingerprint density at radius 2 is 1.75 bits per heavy atom. The fourth-order valence-corrected chi connectivity index (χ4v) is 2.15. The van der Waals surface area contributed by atoms with E-state index in [0.717, 1.165) is 5.69 Å². The zero-order chi connectivity index (χ0) is 16.9. The van der Waals surface area contributed by atoms with E-state index in [0.29, 0.717) is 17.0 Å². The Balaban J connectivity index is 1.67. The van der Waals surface area contributed by atoms with Gasteiger partial charge in [-0.05, 0) is 54.6 Å². The van der Waals surface area contributed by atoms with E-state index < -0.39 is 5.97 Å². The van der Waals surface area contributed by atoms with Crippen LogP contribution in [0.2, 0.25) is 0 Å². The van der Waals surface area contributed by atoms with Crippen LogP contribution in [-0.4, -0.2) is 21.7 Å². The summed E-state index contributed by atoms with van der Waals surface area (Å²) in [5, 5.41) is 6.78. The van der Waals surface area contributed by atoms with Gasteiger partial charge in [0.15, 0.2) is 0 Å². The lowest BCUT2D eigenvalue weighted by molar-refractivity contribution is -0.114. The standard InChI is InChI=1S/C18H15N3O3/c1-13(22)20-15-5-9-17(10-6-15)24-18(23)14-3-7-16(8-4-14)21-12-2-11-19-21/h2-12H,1H3,(H,20,22). The van der Waals surface area contributed by atoms with Gasteiger partial charge < -0.3 is 10.1 Å². The maximum Gasteiger partial charge on any atom is 0.343 e. The molecule has 3 aromatic rings. The van der Waals surface area contributed by atoms with Gasteiger partial charge in [-0.2, -0.15) is 5.10 Å². The van der Waals surface area contributed by atoms with Crippen molar-refractivity contribution in [3.8, 4) is 11.4 Å². The molecule has 0 spiro atoms. The molecular formula is C18H15N3O3. The van der Waals surface area contributed by atoms with Crippen molar-refractivity contribution in [3.63, 3.8) is 0 Å². The van der Waals surface area contributed by atoms with Gasteiger partial charge in [-0.25, -0.2) is 9.48 Å². The highest BCUT2D eigenvalue weighted by atomic mass is 16.5. The zero-order valence-electron chi connectivity index (χ0n) is 13.0. The van der Waals surface area contributed by atoms with Crippen molar-refractivity contribution in [1.29, 1.82) is 0 Å². The molecule has 24 heavy (non-hydrogen) atoms.